The second kappa shape index (κ2) is 4.31. The van der Waals surface area contributed by atoms with Gasteiger partial charge in [0, 0.05) is 17.1 Å². The largest absolute Gasteiger partial charge is 0.481 e. The van der Waals surface area contributed by atoms with Crippen molar-refractivity contribution < 1.29 is 9.90 Å². The Hall–Kier alpha value is -0.550. The SMILES string of the molecule is O=C(O)CCc1nc2c(s1)CSCC2. The first-order valence-corrected chi connectivity index (χ1v) is 6.50. The van der Waals surface area contributed by atoms with Crippen molar-refractivity contribution in [1.82, 2.24) is 4.98 Å². The van der Waals surface area contributed by atoms with Crippen LogP contribution < -0.4 is 0 Å². The molecule has 0 aliphatic carbocycles. The van der Waals surface area contributed by atoms with Gasteiger partial charge in [-0.15, -0.1) is 11.3 Å². The summed E-state index contributed by atoms with van der Waals surface area (Å²) in [6.45, 7) is 0. The maximum atomic E-state index is 10.4. The molecular formula is C9H11NO2S2. The van der Waals surface area contributed by atoms with E-state index in [9.17, 15) is 4.79 Å². The summed E-state index contributed by atoms with van der Waals surface area (Å²) < 4.78 is 0. The molecule has 0 unspecified atom stereocenters. The van der Waals surface area contributed by atoms with Crippen molar-refractivity contribution in [1.29, 1.82) is 0 Å². The number of carboxylic acids is 1. The van der Waals surface area contributed by atoms with E-state index >= 15 is 0 Å². The molecule has 0 spiro atoms. The van der Waals surface area contributed by atoms with Crippen LogP contribution in [0.2, 0.25) is 0 Å². The molecule has 0 saturated heterocycles. The molecular weight excluding hydrogens is 218 g/mol. The summed E-state index contributed by atoms with van der Waals surface area (Å²) in [6, 6.07) is 0. The number of fused-ring (bicyclic) bond motifs is 1. The number of thioether (sulfide) groups is 1. The maximum absolute atomic E-state index is 10.4. The molecule has 2 rings (SSSR count). The lowest BCUT2D eigenvalue weighted by Crippen LogP contribution is -2.00. The van der Waals surface area contributed by atoms with Gasteiger partial charge in [-0.3, -0.25) is 4.79 Å². The summed E-state index contributed by atoms with van der Waals surface area (Å²) in [6.07, 6.45) is 1.82. The number of rotatable bonds is 3. The van der Waals surface area contributed by atoms with Crippen LogP contribution in [0.1, 0.15) is 22.0 Å². The van der Waals surface area contributed by atoms with Crippen molar-refractivity contribution >= 4 is 29.1 Å². The fraction of sp³-hybridized carbons (Fsp3) is 0.556. The van der Waals surface area contributed by atoms with Crippen LogP contribution >= 0.6 is 23.1 Å². The van der Waals surface area contributed by atoms with Crippen molar-refractivity contribution in [3.63, 3.8) is 0 Å². The van der Waals surface area contributed by atoms with E-state index in [1.807, 2.05) is 11.8 Å². The van der Waals surface area contributed by atoms with E-state index in [2.05, 4.69) is 4.98 Å². The van der Waals surface area contributed by atoms with Gasteiger partial charge in [-0.1, -0.05) is 0 Å². The van der Waals surface area contributed by atoms with Crippen LogP contribution in [0.25, 0.3) is 0 Å². The van der Waals surface area contributed by atoms with Gasteiger partial charge in [0.15, 0.2) is 0 Å². The van der Waals surface area contributed by atoms with Crippen LogP contribution in [0.15, 0.2) is 0 Å². The van der Waals surface area contributed by atoms with E-state index in [0.29, 0.717) is 6.42 Å². The highest BCUT2D eigenvalue weighted by Gasteiger charge is 2.15. The molecule has 0 radical (unpaired) electrons. The summed E-state index contributed by atoms with van der Waals surface area (Å²) in [5.41, 5.74) is 1.20. The Balaban J connectivity index is 2.04. The van der Waals surface area contributed by atoms with Crippen molar-refractivity contribution in [2.45, 2.75) is 25.0 Å². The minimum absolute atomic E-state index is 0.194. The molecule has 1 aliphatic rings. The van der Waals surface area contributed by atoms with Gasteiger partial charge in [-0.25, -0.2) is 4.98 Å². The van der Waals surface area contributed by atoms with Gasteiger partial charge in [0.1, 0.15) is 0 Å². The number of aryl methyl sites for hydroxylation is 2. The number of aromatic nitrogens is 1. The third-order valence-corrected chi connectivity index (χ3v) is 4.42. The van der Waals surface area contributed by atoms with Gasteiger partial charge in [0.25, 0.3) is 0 Å². The number of thiazole rings is 1. The number of hydrogen-bond acceptors (Lipinski definition) is 4. The van der Waals surface area contributed by atoms with Gasteiger partial charge in [-0.2, -0.15) is 11.8 Å². The van der Waals surface area contributed by atoms with E-state index in [0.717, 1.165) is 22.9 Å². The maximum Gasteiger partial charge on any atom is 0.303 e. The first-order valence-electron chi connectivity index (χ1n) is 4.52. The second-order valence-corrected chi connectivity index (χ2v) is 5.45. The zero-order chi connectivity index (χ0) is 9.97. The molecule has 0 bridgehead atoms. The minimum Gasteiger partial charge on any atom is -0.481 e. The molecule has 1 N–H and O–H groups in total. The average Bonchev–Trinajstić information content (AvgIpc) is 2.57. The van der Waals surface area contributed by atoms with Crippen LogP contribution in [0, 0.1) is 0 Å². The molecule has 3 nitrogen and oxygen atoms in total. The Morgan fingerprint density at radius 2 is 2.43 bits per heavy atom. The van der Waals surface area contributed by atoms with E-state index in [1.54, 1.807) is 11.3 Å². The Bertz CT molecular complexity index is 325. The highest BCUT2D eigenvalue weighted by Crippen LogP contribution is 2.29. The third kappa shape index (κ3) is 2.27. The van der Waals surface area contributed by atoms with Gasteiger partial charge in [0.05, 0.1) is 17.1 Å². The second-order valence-electron chi connectivity index (χ2n) is 3.17. The monoisotopic (exact) mass is 229 g/mol. The van der Waals surface area contributed by atoms with Crippen molar-refractivity contribution in [3.05, 3.63) is 15.6 Å². The van der Waals surface area contributed by atoms with Gasteiger partial charge in [-0.05, 0) is 12.2 Å². The number of carboxylic acid groups (broad SMARTS) is 1. The number of nitrogens with zero attached hydrogens (tertiary/aromatic N) is 1. The Morgan fingerprint density at radius 1 is 1.57 bits per heavy atom. The predicted molar refractivity (Wildman–Crippen MR) is 57.9 cm³/mol. The lowest BCUT2D eigenvalue weighted by molar-refractivity contribution is -0.136. The zero-order valence-electron chi connectivity index (χ0n) is 7.65. The Labute approximate surface area is 90.6 Å². The number of aliphatic carboxylic acids is 1. The molecule has 0 atom stereocenters. The van der Waals surface area contributed by atoms with Gasteiger partial charge >= 0.3 is 5.97 Å². The number of carbonyl (C=O) groups is 1. The van der Waals surface area contributed by atoms with E-state index < -0.39 is 5.97 Å². The Morgan fingerprint density at radius 3 is 3.14 bits per heavy atom. The highest BCUT2D eigenvalue weighted by molar-refractivity contribution is 7.98. The minimum atomic E-state index is -0.743. The molecule has 2 heterocycles. The number of hydrogen-bond donors (Lipinski definition) is 1. The van der Waals surface area contributed by atoms with E-state index in [1.165, 1.54) is 10.6 Å². The van der Waals surface area contributed by atoms with Gasteiger partial charge < -0.3 is 5.11 Å². The fourth-order valence-electron chi connectivity index (χ4n) is 1.40. The quantitative estimate of drug-likeness (QED) is 0.860. The highest BCUT2D eigenvalue weighted by atomic mass is 32.2. The molecule has 0 fully saturated rings. The van der Waals surface area contributed by atoms with E-state index in [-0.39, 0.29) is 6.42 Å². The summed E-state index contributed by atoms with van der Waals surface area (Å²) >= 11 is 3.61. The normalized spacial score (nSPS) is 15.1. The lowest BCUT2D eigenvalue weighted by atomic mass is 10.3. The predicted octanol–water partition coefficient (Wildman–Crippen LogP) is 1.95. The van der Waals surface area contributed by atoms with Crippen LogP contribution in [-0.4, -0.2) is 21.8 Å². The van der Waals surface area contributed by atoms with E-state index in [4.69, 9.17) is 5.11 Å². The molecule has 14 heavy (non-hydrogen) atoms. The topological polar surface area (TPSA) is 50.2 Å². The van der Waals surface area contributed by atoms with Gasteiger partial charge in [0.2, 0.25) is 0 Å². The summed E-state index contributed by atoms with van der Waals surface area (Å²) in [4.78, 5) is 16.2. The van der Waals surface area contributed by atoms with Crippen LogP contribution in [-0.2, 0) is 23.4 Å². The molecule has 0 amide bonds. The van der Waals surface area contributed by atoms with Crippen LogP contribution in [0.3, 0.4) is 0 Å². The van der Waals surface area contributed by atoms with Crippen LogP contribution in [0.5, 0.6) is 0 Å². The summed E-state index contributed by atoms with van der Waals surface area (Å²) in [7, 11) is 0. The zero-order valence-corrected chi connectivity index (χ0v) is 9.29. The lowest BCUT2D eigenvalue weighted by Gasteiger charge is -2.06. The molecule has 5 heteroatoms. The first kappa shape index (κ1) is 9.98. The molecule has 1 aromatic heterocycles. The van der Waals surface area contributed by atoms with Crippen molar-refractivity contribution in [3.8, 4) is 0 Å². The Kier molecular flexibility index (Phi) is 3.08. The van der Waals surface area contributed by atoms with Crippen molar-refractivity contribution in [2.75, 3.05) is 5.75 Å². The molecule has 1 aliphatic heterocycles. The standard InChI is InChI=1S/C9H11NO2S2/c11-9(12)2-1-8-10-6-3-4-13-5-7(6)14-8/h1-5H2,(H,11,12). The average molecular weight is 229 g/mol. The van der Waals surface area contributed by atoms with Crippen molar-refractivity contribution in [2.24, 2.45) is 0 Å². The third-order valence-electron chi connectivity index (χ3n) is 2.09. The molecule has 1 aromatic rings. The fourth-order valence-corrected chi connectivity index (χ4v) is 3.63. The molecule has 0 saturated carbocycles. The summed E-state index contributed by atoms with van der Waals surface area (Å²) in [5.74, 6) is 1.46. The molecule has 76 valence electrons. The first-order chi connectivity index (χ1) is 6.75. The summed E-state index contributed by atoms with van der Waals surface area (Å²) in [5, 5.41) is 9.54. The smallest absolute Gasteiger partial charge is 0.303 e. The molecule has 0 aromatic carbocycles. The van der Waals surface area contributed by atoms with Crippen LogP contribution in [0.4, 0.5) is 0 Å².